The van der Waals surface area contributed by atoms with Gasteiger partial charge in [0.05, 0.1) is 11.8 Å². The number of carbonyl (C=O) groups is 1. The van der Waals surface area contributed by atoms with Crippen molar-refractivity contribution in [1.82, 2.24) is 14.7 Å². The Balaban J connectivity index is 1.50. The van der Waals surface area contributed by atoms with E-state index in [2.05, 4.69) is 10.1 Å². The molecule has 0 atom stereocenters. The van der Waals surface area contributed by atoms with Crippen LogP contribution in [0.1, 0.15) is 27.6 Å². The third kappa shape index (κ3) is 3.32. The van der Waals surface area contributed by atoms with Gasteiger partial charge < -0.3 is 18.2 Å². The normalized spacial score (nSPS) is 11.0. The standard InChI is InChI=1S/C20H16FN3O4/c1-12-10-16(13(2)24(12)15-7-5-14(21)6-8-15)20(25)27-11-18-22-19(28-23-18)17-4-3-9-26-17/h3-10H,11H2,1-2H3. The molecule has 142 valence electrons. The van der Waals surface area contributed by atoms with Gasteiger partial charge in [-0.25, -0.2) is 9.18 Å². The summed E-state index contributed by atoms with van der Waals surface area (Å²) in [5.41, 5.74) is 2.70. The molecule has 0 unspecified atom stereocenters. The molecule has 0 saturated carbocycles. The summed E-state index contributed by atoms with van der Waals surface area (Å²) in [6.07, 6.45) is 1.50. The molecule has 0 aliphatic heterocycles. The number of carbonyl (C=O) groups excluding carboxylic acids is 1. The number of aromatic nitrogens is 3. The zero-order valence-electron chi connectivity index (χ0n) is 15.2. The number of rotatable bonds is 5. The zero-order valence-corrected chi connectivity index (χ0v) is 15.2. The molecule has 8 heteroatoms. The minimum absolute atomic E-state index is 0.136. The molecule has 0 aliphatic carbocycles. The van der Waals surface area contributed by atoms with Crippen LogP contribution in [0, 0.1) is 19.7 Å². The van der Waals surface area contributed by atoms with Gasteiger partial charge in [-0.2, -0.15) is 4.98 Å². The molecule has 0 fully saturated rings. The summed E-state index contributed by atoms with van der Waals surface area (Å²) in [7, 11) is 0. The van der Waals surface area contributed by atoms with Gasteiger partial charge in [-0.3, -0.25) is 0 Å². The number of esters is 1. The number of hydrogen-bond donors (Lipinski definition) is 0. The Morgan fingerprint density at radius 3 is 2.71 bits per heavy atom. The predicted molar refractivity (Wildman–Crippen MR) is 96.3 cm³/mol. The lowest BCUT2D eigenvalue weighted by molar-refractivity contribution is 0.0459. The highest BCUT2D eigenvalue weighted by atomic mass is 19.1. The van der Waals surface area contributed by atoms with E-state index in [1.54, 1.807) is 37.3 Å². The van der Waals surface area contributed by atoms with E-state index in [0.29, 0.717) is 17.0 Å². The number of hydrogen-bond acceptors (Lipinski definition) is 6. The van der Waals surface area contributed by atoms with Crippen LogP contribution in [0.3, 0.4) is 0 Å². The topological polar surface area (TPSA) is 83.3 Å². The second kappa shape index (κ2) is 7.15. The maximum Gasteiger partial charge on any atom is 0.340 e. The smallest absolute Gasteiger partial charge is 0.340 e. The Hall–Kier alpha value is -3.68. The van der Waals surface area contributed by atoms with E-state index in [1.807, 2.05) is 11.5 Å². The van der Waals surface area contributed by atoms with Crippen LogP contribution in [0.5, 0.6) is 0 Å². The fourth-order valence-electron chi connectivity index (χ4n) is 2.98. The molecule has 1 aromatic carbocycles. The van der Waals surface area contributed by atoms with Crippen LogP contribution in [-0.2, 0) is 11.3 Å². The van der Waals surface area contributed by atoms with Crippen LogP contribution >= 0.6 is 0 Å². The summed E-state index contributed by atoms with van der Waals surface area (Å²) in [6.45, 7) is 3.53. The Kier molecular flexibility index (Phi) is 4.52. The SMILES string of the molecule is Cc1cc(C(=O)OCc2noc(-c3ccco3)n2)c(C)n1-c1ccc(F)cc1. The molecule has 0 radical (unpaired) electrons. The molecule has 0 bridgehead atoms. The van der Waals surface area contributed by atoms with Crippen molar-refractivity contribution in [2.24, 2.45) is 0 Å². The Morgan fingerprint density at radius 1 is 1.21 bits per heavy atom. The lowest BCUT2D eigenvalue weighted by atomic mass is 10.2. The second-order valence-electron chi connectivity index (χ2n) is 6.17. The van der Waals surface area contributed by atoms with Crippen LogP contribution in [0.25, 0.3) is 17.3 Å². The number of ether oxygens (including phenoxy) is 1. The predicted octanol–water partition coefficient (Wildman–Crippen LogP) is 4.23. The molecule has 0 aliphatic rings. The zero-order chi connectivity index (χ0) is 19.7. The highest BCUT2D eigenvalue weighted by molar-refractivity contribution is 5.91. The summed E-state index contributed by atoms with van der Waals surface area (Å²) in [4.78, 5) is 16.7. The van der Waals surface area contributed by atoms with Gasteiger partial charge in [-0.15, -0.1) is 0 Å². The van der Waals surface area contributed by atoms with Crippen LogP contribution in [0.15, 0.2) is 57.7 Å². The first-order valence-corrected chi connectivity index (χ1v) is 8.51. The molecule has 28 heavy (non-hydrogen) atoms. The van der Waals surface area contributed by atoms with E-state index in [-0.39, 0.29) is 24.1 Å². The van der Waals surface area contributed by atoms with Gasteiger partial charge in [-0.05, 0) is 56.3 Å². The van der Waals surface area contributed by atoms with E-state index >= 15 is 0 Å². The number of nitrogens with zero attached hydrogens (tertiary/aromatic N) is 3. The molecule has 4 aromatic rings. The van der Waals surface area contributed by atoms with Gasteiger partial charge in [0.25, 0.3) is 5.89 Å². The van der Waals surface area contributed by atoms with Gasteiger partial charge in [0.15, 0.2) is 12.4 Å². The average Bonchev–Trinajstić information content (AvgIpc) is 3.41. The lowest BCUT2D eigenvalue weighted by Gasteiger charge is -2.09. The van der Waals surface area contributed by atoms with Gasteiger partial charge in [0, 0.05) is 17.1 Å². The van der Waals surface area contributed by atoms with E-state index in [4.69, 9.17) is 13.7 Å². The summed E-state index contributed by atoms with van der Waals surface area (Å²) < 4.78 is 30.6. The number of halogens is 1. The highest BCUT2D eigenvalue weighted by Gasteiger charge is 2.19. The quantitative estimate of drug-likeness (QED) is 0.481. The fraction of sp³-hybridized carbons (Fsp3) is 0.150. The van der Waals surface area contributed by atoms with Gasteiger partial charge >= 0.3 is 5.97 Å². The molecule has 0 amide bonds. The van der Waals surface area contributed by atoms with Crippen molar-refractivity contribution in [1.29, 1.82) is 0 Å². The maximum atomic E-state index is 13.2. The van der Waals surface area contributed by atoms with Crippen molar-refractivity contribution in [2.45, 2.75) is 20.5 Å². The van der Waals surface area contributed by atoms with Crippen molar-refractivity contribution < 1.29 is 22.9 Å². The van der Waals surface area contributed by atoms with E-state index in [0.717, 1.165) is 11.4 Å². The molecular weight excluding hydrogens is 365 g/mol. The van der Waals surface area contributed by atoms with Crippen LogP contribution in [0.4, 0.5) is 4.39 Å². The molecular formula is C20H16FN3O4. The molecule has 3 heterocycles. The molecule has 0 N–H and O–H groups in total. The molecule has 3 aromatic heterocycles. The van der Waals surface area contributed by atoms with E-state index < -0.39 is 5.97 Å². The number of furan rings is 1. The Morgan fingerprint density at radius 2 is 2.00 bits per heavy atom. The Bertz CT molecular complexity index is 1110. The maximum absolute atomic E-state index is 13.2. The third-order valence-corrected chi connectivity index (χ3v) is 4.27. The fourth-order valence-corrected chi connectivity index (χ4v) is 2.98. The monoisotopic (exact) mass is 381 g/mol. The van der Waals surface area contributed by atoms with Gasteiger partial charge in [0.2, 0.25) is 5.82 Å². The van der Waals surface area contributed by atoms with Crippen LogP contribution in [0.2, 0.25) is 0 Å². The first-order valence-electron chi connectivity index (χ1n) is 8.51. The van der Waals surface area contributed by atoms with Crippen molar-refractivity contribution >= 4 is 5.97 Å². The summed E-state index contributed by atoms with van der Waals surface area (Å²) in [5, 5.41) is 3.77. The second-order valence-corrected chi connectivity index (χ2v) is 6.17. The summed E-state index contributed by atoms with van der Waals surface area (Å²) in [5.74, 6) is 0.0521. The highest BCUT2D eigenvalue weighted by Crippen LogP contribution is 2.22. The van der Waals surface area contributed by atoms with Crippen molar-refractivity contribution in [3.05, 3.63) is 77.3 Å². The summed E-state index contributed by atoms with van der Waals surface area (Å²) >= 11 is 0. The molecule has 4 rings (SSSR count). The first kappa shape index (κ1) is 17.7. The van der Waals surface area contributed by atoms with Gasteiger partial charge in [0.1, 0.15) is 5.82 Å². The average molecular weight is 381 g/mol. The minimum atomic E-state index is -0.509. The van der Waals surface area contributed by atoms with Crippen molar-refractivity contribution in [3.63, 3.8) is 0 Å². The largest absolute Gasteiger partial charge is 0.459 e. The summed E-state index contributed by atoms with van der Waals surface area (Å²) in [6, 6.07) is 11.2. The van der Waals surface area contributed by atoms with Crippen molar-refractivity contribution in [3.8, 4) is 17.3 Å². The van der Waals surface area contributed by atoms with E-state index in [1.165, 1.54) is 18.4 Å². The Labute approximate surface area is 159 Å². The van der Waals surface area contributed by atoms with Crippen LogP contribution in [-0.4, -0.2) is 20.7 Å². The molecule has 7 nitrogen and oxygen atoms in total. The number of aryl methyl sites for hydroxylation is 1. The van der Waals surface area contributed by atoms with E-state index in [9.17, 15) is 9.18 Å². The number of benzene rings is 1. The molecule has 0 saturated heterocycles. The minimum Gasteiger partial charge on any atom is -0.459 e. The lowest BCUT2D eigenvalue weighted by Crippen LogP contribution is -2.08. The van der Waals surface area contributed by atoms with Gasteiger partial charge in [-0.1, -0.05) is 5.16 Å². The van der Waals surface area contributed by atoms with Crippen LogP contribution < -0.4 is 0 Å². The molecule has 0 spiro atoms. The van der Waals surface area contributed by atoms with Crippen molar-refractivity contribution in [2.75, 3.05) is 0 Å². The first-order chi connectivity index (χ1) is 13.5. The third-order valence-electron chi connectivity index (χ3n) is 4.27.